The van der Waals surface area contributed by atoms with Gasteiger partial charge in [0.2, 0.25) is 5.43 Å². The molecule has 2 aliphatic heterocycles. The summed E-state index contributed by atoms with van der Waals surface area (Å²) in [6.07, 6.45) is 1.63. The van der Waals surface area contributed by atoms with E-state index in [1.807, 2.05) is 35.3 Å². The van der Waals surface area contributed by atoms with E-state index in [0.717, 1.165) is 5.56 Å². The van der Waals surface area contributed by atoms with Crippen LogP contribution >= 0.6 is 0 Å². The molecule has 0 spiro atoms. The largest absolute Gasteiger partial charge is 0.482 e. The highest BCUT2D eigenvalue weighted by atomic mass is 16.5. The van der Waals surface area contributed by atoms with E-state index < -0.39 is 0 Å². The minimum absolute atomic E-state index is 0.104. The molecule has 2 aromatic rings. The summed E-state index contributed by atoms with van der Waals surface area (Å²) in [4.78, 5) is 26.9. The molecule has 0 aliphatic carbocycles. The summed E-state index contributed by atoms with van der Waals surface area (Å²) in [7, 11) is 0. The molecule has 4 rings (SSSR count). The molecule has 25 heavy (non-hydrogen) atoms. The van der Waals surface area contributed by atoms with Gasteiger partial charge in [-0.2, -0.15) is 0 Å². The summed E-state index contributed by atoms with van der Waals surface area (Å²) in [5.41, 5.74) is 0.943. The quantitative estimate of drug-likeness (QED) is 0.827. The lowest BCUT2D eigenvalue weighted by Gasteiger charge is -2.41. The molecule has 7 heteroatoms. The van der Waals surface area contributed by atoms with E-state index in [9.17, 15) is 9.59 Å². The van der Waals surface area contributed by atoms with Gasteiger partial charge in [0.15, 0.2) is 11.4 Å². The summed E-state index contributed by atoms with van der Waals surface area (Å²) in [5, 5.41) is 1.98. The van der Waals surface area contributed by atoms with Crippen molar-refractivity contribution in [2.45, 2.75) is 6.61 Å². The van der Waals surface area contributed by atoms with E-state index in [-0.39, 0.29) is 29.4 Å². The molecule has 1 amide bonds. The Balaban J connectivity index is 1.72. The zero-order chi connectivity index (χ0) is 17.2. The van der Waals surface area contributed by atoms with E-state index in [2.05, 4.69) is 0 Å². The number of benzene rings is 1. The number of amides is 1. The number of fused-ring (bicyclic) bond motifs is 4. The standard InChI is InChI=1S/C18H19N3O4/c22-15-6-7-21-16(17(15)25-12-14-4-2-1-3-5-14)18(23)19-8-10-24-11-9-20(21)13-19/h1-7H,8-13H2. The Kier molecular flexibility index (Phi) is 4.15. The number of carbonyl (C=O) groups is 1. The van der Waals surface area contributed by atoms with E-state index >= 15 is 0 Å². The summed E-state index contributed by atoms with van der Waals surface area (Å²) in [5.74, 6) is -0.102. The Morgan fingerprint density at radius 1 is 1.04 bits per heavy atom. The molecular formula is C18H19N3O4. The van der Waals surface area contributed by atoms with Gasteiger partial charge in [0.25, 0.3) is 5.91 Å². The lowest BCUT2D eigenvalue weighted by Crippen LogP contribution is -2.57. The first-order chi connectivity index (χ1) is 12.2. The van der Waals surface area contributed by atoms with Crippen LogP contribution in [-0.4, -0.2) is 48.5 Å². The minimum atomic E-state index is -0.286. The third-order valence-electron chi connectivity index (χ3n) is 4.39. The fourth-order valence-electron chi connectivity index (χ4n) is 3.09. The van der Waals surface area contributed by atoms with Gasteiger partial charge >= 0.3 is 0 Å². The number of hydrogen-bond donors (Lipinski definition) is 0. The van der Waals surface area contributed by atoms with Crippen LogP contribution in [0.5, 0.6) is 5.75 Å². The Morgan fingerprint density at radius 3 is 2.68 bits per heavy atom. The Labute approximate surface area is 145 Å². The molecule has 2 bridgehead atoms. The smallest absolute Gasteiger partial charge is 0.277 e. The van der Waals surface area contributed by atoms with Crippen LogP contribution in [0.25, 0.3) is 0 Å². The second-order valence-electron chi connectivity index (χ2n) is 6.03. The van der Waals surface area contributed by atoms with Crippen LogP contribution < -0.4 is 15.2 Å². The maximum absolute atomic E-state index is 12.9. The average molecular weight is 341 g/mol. The molecule has 3 heterocycles. The van der Waals surface area contributed by atoms with Crippen LogP contribution in [0.3, 0.4) is 0 Å². The van der Waals surface area contributed by atoms with Crippen molar-refractivity contribution in [3.8, 4) is 5.75 Å². The molecule has 0 unspecified atom stereocenters. The summed E-state index contributed by atoms with van der Waals surface area (Å²) in [6, 6.07) is 11.0. The summed E-state index contributed by atoms with van der Waals surface area (Å²) >= 11 is 0. The van der Waals surface area contributed by atoms with Gasteiger partial charge in [-0.25, -0.2) is 0 Å². The normalized spacial score (nSPS) is 16.9. The molecule has 0 saturated carbocycles. The molecule has 7 nitrogen and oxygen atoms in total. The summed E-state index contributed by atoms with van der Waals surface area (Å²) in [6.45, 7) is 2.93. The maximum Gasteiger partial charge on any atom is 0.277 e. The van der Waals surface area contributed by atoms with Crippen molar-refractivity contribution in [2.75, 3.05) is 38.0 Å². The molecule has 2 aliphatic rings. The van der Waals surface area contributed by atoms with E-state index in [1.165, 1.54) is 6.07 Å². The highest BCUT2D eigenvalue weighted by molar-refractivity contribution is 5.96. The van der Waals surface area contributed by atoms with Crippen molar-refractivity contribution < 1.29 is 14.3 Å². The highest BCUT2D eigenvalue weighted by Crippen LogP contribution is 2.22. The number of hydrogen-bond acceptors (Lipinski definition) is 5. The van der Waals surface area contributed by atoms with Gasteiger partial charge in [-0.3, -0.25) is 19.3 Å². The number of nitrogens with zero attached hydrogens (tertiary/aromatic N) is 3. The number of pyridine rings is 1. The van der Waals surface area contributed by atoms with E-state index in [4.69, 9.17) is 9.47 Å². The highest BCUT2D eigenvalue weighted by Gasteiger charge is 2.33. The van der Waals surface area contributed by atoms with E-state index in [0.29, 0.717) is 33.0 Å². The molecule has 0 atom stereocenters. The van der Waals surface area contributed by atoms with E-state index in [1.54, 1.807) is 15.8 Å². The molecule has 1 aromatic carbocycles. The monoisotopic (exact) mass is 341 g/mol. The van der Waals surface area contributed by atoms with Crippen molar-refractivity contribution in [1.82, 2.24) is 9.58 Å². The third-order valence-corrected chi connectivity index (χ3v) is 4.39. The fraction of sp³-hybridized carbons (Fsp3) is 0.333. The number of carbonyl (C=O) groups excluding carboxylic acids is 1. The van der Waals surface area contributed by atoms with Gasteiger partial charge in [0, 0.05) is 18.8 Å². The molecular weight excluding hydrogens is 322 g/mol. The van der Waals surface area contributed by atoms with Crippen molar-refractivity contribution in [3.05, 3.63) is 64.1 Å². The van der Waals surface area contributed by atoms with Crippen LogP contribution in [0, 0.1) is 0 Å². The van der Waals surface area contributed by atoms with Gasteiger partial charge in [0.1, 0.15) is 13.3 Å². The first-order valence-electron chi connectivity index (χ1n) is 8.28. The van der Waals surface area contributed by atoms with Crippen LogP contribution in [0.1, 0.15) is 16.1 Å². The lowest BCUT2D eigenvalue weighted by molar-refractivity contribution is 0.0472. The SMILES string of the molecule is O=C1c2c(OCc3ccccc3)c(=O)ccn2N2CCOCCN1C2. The first-order valence-corrected chi connectivity index (χ1v) is 8.28. The van der Waals surface area contributed by atoms with Crippen molar-refractivity contribution in [2.24, 2.45) is 0 Å². The van der Waals surface area contributed by atoms with Gasteiger partial charge in [-0.1, -0.05) is 30.3 Å². The van der Waals surface area contributed by atoms with Crippen LogP contribution in [-0.2, 0) is 11.3 Å². The third kappa shape index (κ3) is 2.98. The molecule has 130 valence electrons. The zero-order valence-corrected chi connectivity index (χ0v) is 13.8. The number of ether oxygens (including phenoxy) is 2. The molecule has 1 fully saturated rings. The predicted octanol–water partition coefficient (Wildman–Crippen LogP) is 0.809. The second-order valence-corrected chi connectivity index (χ2v) is 6.03. The van der Waals surface area contributed by atoms with Gasteiger partial charge in [0.05, 0.1) is 19.8 Å². The van der Waals surface area contributed by atoms with Gasteiger partial charge < -0.3 is 14.4 Å². The van der Waals surface area contributed by atoms with Gasteiger partial charge in [-0.15, -0.1) is 0 Å². The zero-order valence-electron chi connectivity index (χ0n) is 13.8. The Hall–Kier alpha value is -2.80. The minimum Gasteiger partial charge on any atom is -0.482 e. The van der Waals surface area contributed by atoms with Crippen molar-refractivity contribution >= 4 is 5.91 Å². The molecule has 1 aromatic heterocycles. The molecule has 1 saturated heterocycles. The van der Waals surface area contributed by atoms with Crippen LogP contribution in [0.2, 0.25) is 0 Å². The van der Waals surface area contributed by atoms with Crippen LogP contribution in [0.4, 0.5) is 0 Å². The topological polar surface area (TPSA) is 64.0 Å². The Bertz CT molecular complexity index is 834. The fourth-order valence-corrected chi connectivity index (χ4v) is 3.09. The van der Waals surface area contributed by atoms with Crippen molar-refractivity contribution in [1.29, 1.82) is 0 Å². The predicted molar refractivity (Wildman–Crippen MR) is 91.3 cm³/mol. The average Bonchev–Trinajstić information content (AvgIpc) is 2.61. The molecule has 0 N–H and O–H groups in total. The molecule has 0 radical (unpaired) electrons. The van der Waals surface area contributed by atoms with Gasteiger partial charge in [-0.05, 0) is 5.56 Å². The Morgan fingerprint density at radius 2 is 1.84 bits per heavy atom. The summed E-state index contributed by atoms with van der Waals surface area (Å²) < 4.78 is 13.0. The lowest BCUT2D eigenvalue weighted by atomic mass is 10.2. The number of aromatic nitrogens is 1. The van der Waals surface area contributed by atoms with Crippen LogP contribution in [0.15, 0.2) is 47.4 Å². The maximum atomic E-state index is 12.9. The second kappa shape index (κ2) is 6.60. The van der Waals surface area contributed by atoms with Crippen molar-refractivity contribution in [3.63, 3.8) is 0 Å². The number of rotatable bonds is 3. The first kappa shape index (κ1) is 15.7.